The summed E-state index contributed by atoms with van der Waals surface area (Å²) >= 11 is 7.45. The molecule has 8 nitrogen and oxygen atoms in total. The minimum Gasteiger partial charge on any atom is -0.493 e. The van der Waals surface area contributed by atoms with Gasteiger partial charge in [0.15, 0.2) is 11.5 Å². The molecular weight excluding hydrogens is 519 g/mol. The van der Waals surface area contributed by atoms with Crippen LogP contribution in [0.25, 0.3) is 0 Å². The van der Waals surface area contributed by atoms with E-state index in [1.54, 1.807) is 24.1 Å². The number of anilines is 1. The van der Waals surface area contributed by atoms with Gasteiger partial charge in [-0.1, -0.05) is 11.6 Å². The summed E-state index contributed by atoms with van der Waals surface area (Å²) in [4.78, 5) is 12.5. The number of sulfonamides is 1. The van der Waals surface area contributed by atoms with Gasteiger partial charge >= 0.3 is 0 Å². The second-order valence-corrected chi connectivity index (χ2v) is 10.5. The number of hydrogen-bond donors (Lipinski definition) is 1. The van der Waals surface area contributed by atoms with Crippen LogP contribution in [0.5, 0.6) is 11.5 Å². The van der Waals surface area contributed by atoms with Crippen LogP contribution in [0.15, 0.2) is 64.1 Å². The molecule has 0 fully saturated rings. The number of hydrogen-bond acceptors (Lipinski definition) is 7. The van der Waals surface area contributed by atoms with Crippen molar-refractivity contribution in [2.75, 3.05) is 37.4 Å². The lowest BCUT2D eigenvalue weighted by atomic mass is 10.3. The molecule has 2 aromatic carbocycles. The fourth-order valence-electron chi connectivity index (χ4n) is 3.08. The van der Waals surface area contributed by atoms with Gasteiger partial charge < -0.3 is 19.2 Å². The van der Waals surface area contributed by atoms with Crippen molar-refractivity contribution in [3.8, 4) is 11.5 Å². The summed E-state index contributed by atoms with van der Waals surface area (Å²) in [5.41, 5.74) is 0.0357. The largest absolute Gasteiger partial charge is 0.493 e. The number of furan rings is 1. The van der Waals surface area contributed by atoms with Crippen molar-refractivity contribution in [3.05, 3.63) is 71.4 Å². The van der Waals surface area contributed by atoms with Gasteiger partial charge in [-0.05, 0) is 42.5 Å². The molecule has 188 valence electrons. The summed E-state index contributed by atoms with van der Waals surface area (Å²) in [6.45, 7) is -0.222. The van der Waals surface area contributed by atoms with Crippen LogP contribution in [0.2, 0.25) is 5.02 Å². The summed E-state index contributed by atoms with van der Waals surface area (Å²) < 4.78 is 57.3. The van der Waals surface area contributed by atoms with Gasteiger partial charge in [0, 0.05) is 18.4 Å². The number of nitrogens with one attached hydrogen (secondary N) is 1. The van der Waals surface area contributed by atoms with Crippen LogP contribution >= 0.6 is 23.4 Å². The molecule has 0 aliphatic rings. The molecule has 35 heavy (non-hydrogen) atoms. The quantitative estimate of drug-likeness (QED) is 0.340. The number of rotatable bonds is 12. The molecule has 1 heterocycles. The number of amides is 1. The molecule has 0 bridgehead atoms. The van der Waals surface area contributed by atoms with Crippen molar-refractivity contribution in [1.82, 2.24) is 5.32 Å². The van der Waals surface area contributed by atoms with Crippen LogP contribution in [0, 0.1) is 5.82 Å². The monoisotopic (exact) mass is 542 g/mol. The molecule has 0 saturated carbocycles. The number of carbonyl (C=O) groups is 1. The van der Waals surface area contributed by atoms with Gasteiger partial charge in [0.1, 0.15) is 18.1 Å². The molecule has 0 saturated heterocycles. The van der Waals surface area contributed by atoms with Crippen LogP contribution in [0.1, 0.15) is 5.76 Å². The fraction of sp³-hybridized carbons (Fsp3) is 0.261. The Bertz CT molecular complexity index is 1250. The lowest BCUT2D eigenvalue weighted by Crippen LogP contribution is -2.41. The van der Waals surface area contributed by atoms with Crippen LogP contribution < -0.4 is 19.1 Å². The zero-order valence-electron chi connectivity index (χ0n) is 19.0. The van der Waals surface area contributed by atoms with Crippen molar-refractivity contribution in [1.29, 1.82) is 0 Å². The van der Waals surface area contributed by atoms with Crippen LogP contribution in [0.4, 0.5) is 10.1 Å². The van der Waals surface area contributed by atoms with E-state index in [2.05, 4.69) is 5.32 Å². The highest BCUT2D eigenvalue weighted by molar-refractivity contribution is 7.98. The lowest BCUT2D eigenvalue weighted by Gasteiger charge is -2.24. The Hall–Kier alpha value is -2.89. The predicted molar refractivity (Wildman–Crippen MR) is 133 cm³/mol. The van der Waals surface area contributed by atoms with Gasteiger partial charge in [-0.25, -0.2) is 12.8 Å². The van der Waals surface area contributed by atoms with Gasteiger partial charge in [0.2, 0.25) is 5.91 Å². The van der Waals surface area contributed by atoms with Crippen LogP contribution in [-0.2, 0) is 20.6 Å². The van der Waals surface area contributed by atoms with E-state index in [0.717, 1.165) is 22.2 Å². The molecule has 0 atom stereocenters. The third-order valence-corrected chi connectivity index (χ3v) is 7.86. The highest BCUT2D eigenvalue weighted by atomic mass is 35.5. The van der Waals surface area contributed by atoms with Crippen molar-refractivity contribution < 1.29 is 31.5 Å². The SMILES string of the molecule is COc1ccc(S(=O)(=O)N(CC(=O)NCCSCc2ccco2)c2ccc(F)c(Cl)c2)cc1OC. The third kappa shape index (κ3) is 6.83. The summed E-state index contributed by atoms with van der Waals surface area (Å²) in [7, 11) is -1.46. The molecule has 3 aromatic rings. The molecule has 1 amide bonds. The van der Waals surface area contributed by atoms with Crippen molar-refractivity contribution in [2.24, 2.45) is 0 Å². The Kier molecular flexibility index (Phi) is 9.30. The number of thioether (sulfide) groups is 1. The maximum atomic E-state index is 13.7. The molecule has 1 aromatic heterocycles. The van der Waals surface area contributed by atoms with Crippen molar-refractivity contribution >= 4 is 45.0 Å². The van der Waals surface area contributed by atoms with Gasteiger partial charge in [-0.15, -0.1) is 0 Å². The smallest absolute Gasteiger partial charge is 0.264 e. The molecule has 0 aliphatic heterocycles. The second kappa shape index (κ2) is 12.2. The minimum atomic E-state index is -4.26. The number of nitrogens with zero attached hydrogens (tertiary/aromatic N) is 1. The van der Waals surface area contributed by atoms with Gasteiger partial charge in [0.25, 0.3) is 10.0 Å². The Balaban J connectivity index is 1.78. The van der Waals surface area contributed by atoms with E-state index in [4.69, 9.17) is 25.5 Å². The average molecular weight is 543 g/mol. The number of methoxy groups -OCH3 is 2. The maximum absolute atomic E-state index is 13.7. The Morgan fingerprint density at radius 1 is 1.14 bits per heavy atom. The molecule has 0 aliphatic carbocycles. The predicted octanol–water partition coefficient (Wildman–Crippen LogP) is 4.33. The average Bonchev–Trinajstić information content (AvgIpc) is 3.37. The van der Waals surface area contributed by atoms with E-state index >= 15 is 0 Å². The summed E-state index contributed by atoms with van der Waals surface area (Å²) in [6.07, 6.45) is 1.59. The first-order chi connectivity index (χ1) is 16.8. The van der Waals surface area contributed by atoms with Crippen molar-refractivity contribution in [3.63, 3.8) is 0 Å². The first-order valence-electron chi connectivity index (χ1n) is 10.3. The molecule has 0 unspecified atom stereocenters. The normalized spacial score (nSPS) is 11.2. The highest BCUT2D eigenvalue weighted by Gasteiger charge is 2.29. The Labute approximate surface area is 212 Å². The topological polar surface area (TPSA) is 98.1 Å². The Morgan fingerprint density at radius 2 is 1.91 bits per heavy atom. The molecule has 0 spiro atoms. The fourth-order valence-corrected chi connectivity index (χ4v) is 5.44. The third-order valence-electron chi connectivity index (χ3n) is 4.81. The van der Waals surface area contributed by atoms with Crippen LogP contribution in [-0.4, -0.2) is 47.4 Å². The number of benzene rings is 2. The number of ether oxygens (including phenoxy) is 2. The van der Waals surface area contributed by atoms with Gasteiger partial charge in [0.05, 0.1) is 41.8 Å². The van der Waals surface area contributed by atoms with E-state index in [0.29, 0.717) is 23.8 Å². The summed E-state index contributed by atoms with van der Waals surface area (Å²) in [6, 6.07) is 11.2. The van der Waals surface area contributed by atoms with E-state index in [-0.39, 0.29) is 21.4 Å². The molecular formula is C23H24ClFN2O6S2. The summed E-state index contributed by atoms with van der Waals surface area (Å²) in [5.74, 6) is 1.36. The zero-order valence-corrected chi connectivity index (χ0v) is 21.4. The van der Waals surface area contributed by atoms with E-state index in [1.807, 2.05) is 6.07 Å². The molecule has 3 rings (SSSR count). The number of carbonyl (C=O) groups excluding carboxylic acids is 1. The lowest BCUT2D eigenvalue weighted by molar-refractivity contribution is -0.119. The second-order valence-electron chi connectivity index (χ2n) is 7.11. The first-order valence-corrected chi connectivity index (χ1v) is 13.3. The molecule has 12 heteroatoms. The maximum Gasteiger partial charge on any atom is 0.264 e. The van der Waals surface area contributed by atoms with E-state index in [1.165, 1.54) is 38.5 Å². The van der Waals surface area contributed by atoms with Crippen molar-refractivity contribution in [2.45, 2.75) is 10.6 Å². The highest BCUT2D eigenvalue weighted by Crippen LogP contribution is 2.33. The van der Waals surface area contributed by atoms with E-state index < -0.39 is 28.3 Å². The Morgan fingerprint density at radius 3 is 2.57 bits per heavy atom. The zero-order chi connectivity index (χ0) is 25.4. The molecule has 1 N–H and O–H groups in total. The first kappa shape index (κ1) is 26.7. The standard InChI is InChI=1S/C23H24ClFN2O6S2/c1-31-21-8-6-18(13-22(21)32-2)35(29,30)27(16-5-7-20(25)19(24)12-16)14-23(28)26-9-11-34-15-17-4-3-10-33-17/h3-8,10,12-13H,9,11,14-15H2,1-2H3,(H,26,28). The minimum absolute atomic E-state index is 0.0357. The number of halogens is 2. The van der Waals surface area contributed by atoms with Gasteiger partial charge in [-0.3, -0.25) is 9.10 Å². The molecule has 0 radical (unpaired) electrons. The van der Waals surface area contributed by atoms with Gasteiger partial charge in [-0.2, -0.15) is 11.8 Å². The van der Waals surface area contributed by atoms with E-state index in [9.17, 15) is 17.6 Å². The summed E-state index contributed by atoms with van der Waals surface area (Å²) in [5, 5.41) is 2.43. The van der Waals surface area contributed by atoms with Crippen LogP contribution in [0.3, 0.4) is 0 Å².